The van der Waals surface area contributed by atoms with Crippen LogP contribution in [0.4, 0.5) is 5.69 Å². The Morgan fingerprint density at radius 1 is 0.967 bits per heavy atom. The predicted molar refractivity (Wildman–Crippen MR) is 125 cm³/mol. The maximum Gasteiger partial charge on any atom is 0.347 e. The fraction of sp³-hybridized carbons (Fsp3) is 0.240. The zero-order valence-electron chi connectivity index (χ0n) is 17.5. The molecule has 0 radical (unpaired) electrons. The molecule has 0 aliphatic rings. The summed E-state index contributed by atoms with van der Waals surface area (Å²) < 4.78 is 12.7. The number of esters is 1. The molecule has 0 amide bonds. The summed E-state index contributed by atoms with van der Waals surface area (Å²) in [5.41, 5.74) is 3.28. The van der Waals surface area contributed by atoms with E-state index in [2.05, 4.69) is 34.7 Å². The highest BCUT2D eigenvalue weighted by Gasteiger charge is 2.25. The van der Waals surface area contributed by atoms with Gasteiger partial charge in [-0.05, 0) is 66.0 Å². The summed E-state index contributed by atoms with van der Waals surface area (Å²) in [6.45, 7) is 8.15. The monoisotopic (exact) mass is 467 g/mol. The third-order valence-electron chi connectivity index (χ3n) is 4.94. The molecule has 3 rings (SSSR count). The summed E-state index contributed by atoms with van der Waals surface area (Å²) in [6, 6.07) is 20.8. The van der Waals surface area contributed by atoms with E-state index in [0.717, 1.165) is 34.4 Å². The minimum Gasteiger partial charge on any atom is -0.488 e. The standard InChI is InChI=1S/C25H26BrNO3/c1-4-27(5-2)24-18(3)23(25(28)30-20-14-10-7-11-15-20)22(16-21(24)26)29-17-19-12-8-6-9-13-19/h6-16H,4-5,17H2,1-3H3. The smallest absolute Gasteiger partial charge is 0.347 e. The highest BCUT2D eigenvalue weighted by atomic mass is 79.9. The molecule has 5 heteroatoms. The second-order valence-corrected chi connectivity index (χ2v) is 7.71. The van der Waals surface area contributed by atoms with Crippen LogP contribution in [-0.4, -0.2) is 19.1 Å². The van der Waals surface area contributed by atoms with Crippen LogP contribution in [0.2, 0.25) is 0 Å². The van der Waals surface area contributed by atoms with Crippen molar-refractivity contribution in [2.45, 2.75) is 27.4 Å². The Morgan fingerprint density at radius 2 is 1.57 bits per heavy atom. The Bertz CT molecular complexity index is 986. The largest absolute Gasteiger partial charge is 0.488 e. The van der Waals surface area contributed by atoms with Gasteiger partial charge in [-0.2, -0.15) is 0 Å². The van der Waals surface area contributed by atoms with Crippen molar-refractivity contribution in [2.24, 2.45) is 0 Å². The van der Waals surface area contributed by atoms with Gasteiger partial charge in [0.1, 0.15) is 23.7 Å². The summed E-state index contributed by atoms with van der Waals surface area (Å²) in [5.74, 6) is 0.575. The van der Waals surface area contributed by atoms with E-state index >= 15 is 0 Å². The molecule has 3 aromatic carbocycles. The third kappa shape index (κ3) is 5.03. The van der Waals surface area contributed by atoms with Crippen molar-refractivity contribution in [3.05, 3.63) is 87.9 Å². The van der Waals surface area contributed by atoms with E-state index in [-0.39, 0.29) is 0 Å². The number of nitrogens with zero attached hydrogens (tertiary/aromatic N) is 1. The molecule has 0 saturated carbocycles. The van der Waals surface area contributed by atoms with Crippen molar-refractivity contribution in [2.75, 3.05) is 18.0 Å². The van der Waals surface area contributed by atoms with Crippen LogP contribution in [0.1, 0.15) is 35.3 Å². The molecule has 0 spiro atoms. The zero-order valence-corrected chi connectivity index (χ0v) is 19.1. The molecule has 0 fully saturated rings. The van der Waals surface area contributed by atoms with Gasteiger partial charge >= 0.3 is 5.97 Å². The number of carbonyl (C=O) groups is 1. The van der Waals surface area contributed by atoms with E-state index in [1.165, 1.54) is 0 Å². The number of hydrogen-bond donors (Lipinski definition) is 0. The topological polar surface area (TPSA) is 38.8 Å². The van der Waals surface area contributed by atoms with E-state index in [0.29, 0.717) is 23.7 Å². The first-order valence-electron chi connectivity index (χ1n) is 10.1. The van der Waals surface area contributed by atoms with Crippen molar-refractivity contribution >= 4 is 27.6 Å². The fourth-order valence-corrected chi connectivity index (χ4v) is 4.17. The molecule has 3 aromatic rings. The van der Waals surface area contributed by atoms with Gasteiger partial charge in [0.15, 0.2) is 0 Å². The van der Waals surface area contributed by atoms with Crippen LogP contribution < -0.4 is 14.4 Å². The summed E-state index contributed by atoms with van der Waals surface area (Å²) in [4.78, 5) is 15.4. The van der Waals surface area contributed by atoms with Gasteiger partial charge in [0.2, 0.25) is 0 Å². The minimum atomic E-state index is -0.428. The Morgan fingerprint density at radius 3 is 2.17 bits per heavy atom. The quantitative estimate of drug-likeness (QED) is 0.283. The molecular formula is C25H26BrNO3. The summed E-state index contributed by atoms with van der Waals surface area (Å²) in [6.07, 6.45) is 0. The molecular weight excluding hydrogens is 442 g/mol. The number of anilines is 1. The molecule has 0 aliphatic carbocycles. The average molecular weight is 468 g/mol. The van der Waals surface area contributed by atoms with Crippen LogP contribution in [0.25, 0.3) is 0 Å². The lowest BCUT2D eigenvalue weighted by molar-refractivity contribution is 0.0729. The summed E-state index contributed by atoms with van der Waals surface area (Å²) >= 11 is 3.68. The van der Waals surface area contributed by atoms with Crippen LogP contribution in [-0.2, 0) is 6.61 Å². The number of benzene rings is 3. The molecule has 0 aliphatic heterocycles. The van der Waals surface area contributed by atoms with Gasteiger partial charge in [-0.25, -0.2) is 4.79 Å². The van der Waals surface area contributed by atoms with Crippen molar-refractivity contribution in [1.82, 2.24) is 0 Å². The molecule has 0 bridgehead atoms. The first-order chi connectivity index (χ1) is 14.5. The maximum atomic E-state index is 13.2. The van der Waals surface area contributed by atoms with E-state index in [1.807, 2.05) is 61.5 Å². The molecule has 4 nitrogen and oxygen atoms in total. The van der Waals surface area contributed by atoms with Crippen LogP contribution in [0.3, 0.4) is 0 Å². The van der Waals surface area contributed by atoms with Gasteiger partial charge in [-0.3, -0.25) is 0 Å². The van der Waals surface area contributed by atoms with Crippen LogP contribution in [0.5, 0.6) is 11.5 Å². The maximum absolute atomic E-state index is 13.2. The molecule has 0 saturated heterocycles. The number of rotatable bonds is 8. The van der Waals surface area contributed by atoms with Crippen molar-refractivity contribution < 1.29 is 14.3 Å². The Hall–Kier alpha value is -2.79. The molecule has 0 heterocycles. The van der Waals surface area contributed by atoms with Gasteiger partial charge in [0.05, 0.1) is 5.69 Å². The lowest BCUT2D eigenvalue weighted by Gasteiger charge is -2.27. The van der Waals surface area contributed by atoms with Crippen molar-refractivity contribution in [3.8, 4) is 11.5 Å². The second kappa shape index (κ2) is 10.3. The van der Waals surface area contributed by atoms with E-state index < -0.39 is 5.97 Å². The molecule has 0 aromatic heterocycles. The first kappa shape index (κ1) is 21.9. The summed E-state index contributed by atoms with van der Waals surface area (Å²) in [5, 5.41) is 0. The summed E-state index contributed by atoms with van der Waals surface area (Å²) in [7, 11) is 0. The Labute approximate surface area is 186 Å². The van der Waals surface area contributed by atoms with Crippen molar-refractivity contribution in [1.29, 1.82) is 0 Å². The van der Waals surface area contributed by atoms with Crippen LogP contribution in [0, 0.1) is 6.92 Å². The highest BCUT2D eigenvalue weighted by Crippen LogP contribution is 2.39. The molecule has 0 N–H and O–H groups in total. The SMILES string of the molecule is CCN(CC)c1c(Br)cc(OCc2ccccc2)c(C(=O)Oc2ccccc2)c1C. The van der Waals surface area contributed by atoms with Gasteiger partial charge in [-0.15, -0.1) is 0 Å². The number of halogens is 1. The second-order valence-electron chi connectivity index (χ2n) is 6.85. The van der Waals surface area contributed by atoms with Crippen LogP contribution >= 0.6 is 15.9 Å². The first-order valence-corrected chi connectivity index (χ1v) is 10.9. The predicted octanol–water partition coefficient (Wildman–Crippen LogP) is 6.40. The Balaban J connectivity index is 2.02. The van der Waals surface area contributed by atoms with E-state index in [1.54, 1.807) is 12.1 Å². The number of ether oxygens (including phenoxy) is 2. The van der Waals surface area contributed by atoms with E-state index in [9.17, 15) is 4.79 Å². The average Bonchev–Trinajstić information content (AvgIpc) is 2.76. The van der Waals surface area contributed by atoms with Crippen LogP contribution in [0.15, 0.2) is 71.2 Å². The number of para-hydroxylation sites is 1. The lowest BCUT2D eigenvalue weighted by atomic mass is 10.0. The van der Waals surface area contributed by atoms with Gasteiger partial charge < -0.3 is 14.4 Å². The Kier molecular flexibility index (Phi) is 7.52. The normalized spacial score (nSPS) is 10.5. The van der Waals surface area contributed by atoms with Gasteiger partial charge in [0, 0.05) is 17.6 Å². The van der Waals surface area contributed by atoms with Gasteiger partial charge in [-0.1, -0.05) is 48.5 Å². The van der Waals surface area contributed by atoms with Crippen molar-refractivity contribution in [3.63, 3.8) is 0 Å². The minimum absolute atomic E-state index is 0.364. The zero-order chi connectivity index (χ0) is 21.5. The third-order valence-corrected chi connectivity index (χ3v) is 5.54. The molecule has 0 atom stereocenters. The lowest BCUT2D eigenvalue weighted by Crippen LogP contribution is -2.25. The molecule has 156 valence electrons. The molecule has 0 unspecified atom stereocenters. The van der Waals surface area contributed by atoms with Gasteiger partial charge in [0.25, 0.3) is 0 Å². The number of carbonyl (C=O) groups excluding carboxylic acids is 1. The fourth-order valence-electron chi connectivity index (χ4n) is 3.42. The highest BCUT2D eigenvalue weighted by molar-refractivity contribution is 9.10. The molecule has 30 heavy (non-hydrogen) atoms. The number of hydrogen-bond acceptors (Lipinski definition) is 4. The van der Waals surface area contributed by atoms with E-state index in [4.69, 9.17) is 9.47 Å².